The van der Waals surface area contributed by atoms with Crippen molar-refractivity contribution in [3.05, 3.63) is 64.4 Å². The zero-order chi connectivity index (χ0) is 24.4. The van der Waals surface area contributed by atoms with Crippen molar-refractivity contribution < 1.29 is 27.1 Å². The molecule has 0 radical (unpaired) electrons. The molecule has 1 amide bonds. The molecule has 1 aliphatic rings. The minimum Gasteiger partial charge on any atom is -0.465 e. The van der Waals surface area contributed by atoms with E-state index in [0.29, 0.717) is 18.0 Å². The van der Waals surface area contributed by atoms with Gasteiger partial charge in [0.05, 0.1) is 17.6 Å². The zero-order valence-corrected chi connectivity index (χ0v) is 20.2. The van der Waals surface area contributed by atoms with Gasteiger partial charge in [0.2, 0.25) is 15.9 Å². The normalized spacial score (nSPS) is 18.5. The maximum Gasteiger partial charge on any atom is 0.337 e. The minimum absolute atomic E-state index is 0.000740. The quantitative estimate of drug-likeness (QED) is 0.615. The summed E-state index contributed by atoms with van der Waals surface area (Å²) in [5.74, 6) is -1.93. The third-order valence-corrected chi connectivity index (χ3v) is 7.84. The van der Waals surface area contributed by atoms with Gasteiger partial charge in [-0.15, -0.1) is 0 Å². The molecule has 0 bridgehead atoms. The summed E-state index contributed by atoms with van der Waals surface area (Å²) in [6.45, 7) is 3.93. The van der Waals surface area contributed by atoms with Crippen molar-refractivity contribution in [1.82, 2.24) is 9.62 Å². The van der Waals surface area contributed by atoms with Crippen molar-refractivity contribution >= 4 is 33.5 Å². The van der Waals surface area contributed by atoms with Crippen LogP contribution in [0, 0.1) is 11.2 Å². The number of hydrogen-bond donors (Lipinski definition) is 1. The zero-order valence-electron chi connectivity index (χ0n) is 18.6. The fourth-order valence-corrected chi connectivity index (χ4v) is 5.48. The van der Waals surface area contributed by atoms with Crippen LogP contribution in [-0.4, -0.2) is 44.3 Å². The van der Waals surface area contributed by atoms with Crippen LogP contribution in [0.25, 0.3) is 0 Å². The van der Waals surface area contributed by atoms with E-state index in [1.807, 2.05) is 13.8 Å². The van der Waals surface area contributed by atoms with E-state index in [4.69, 9.17) is 11.6 Å². The molecule has 7 nitrogen and oxygen atoms in total. The molecule has 1 atom stereocenters. The van der Waals surface area contributed by atoms with Crippen LogP contribution in [-0.2, 0) is 26.1 Å². The van der Waals surface area contributed by atoms with E-state index >= 15 is 0 Å². The van der Waals surface area contributed by atoms with E-state index < -0.39 is 40.3 Å². The lowest BCUT2D eigenvalue weighted by Crippen LogP contribution is -2.49. The first kappa shape index (κ1) is 25.1. The number of sulfonamides is 1. The van der Waals surface area contributed by atoms with Gasteiger partial charge < -0.3 is 10.1 Å². The number of carbonyl (C=O) groups excluding carboxylic acids is 2. The van der Waals surface area contributed by atoms with Crippen molar-refractivity contribution in [3.63, 3.8) is 0 Å². The van der Waals surface area contributed by atoms with Crippen LogP contribution in [0.4, 0.5) is 4.39 Å². The first-order chi connectivity index (χ1) is 15.4. The number of rotatable bonds is 6. The number of methoxy groups -OCH3 is 1. The summed E-state index contributed by atoms with van der Waals surface area (Å²) in [6.07, 6.45) is 0.930. The Hall–Kier alpha value is -2.49. The highest BCUT2D eigenvalue weighted by Gasteiger charge is 2.41. The van der Waals surface area contributed by atoms with Gasteiger partial charge in [-0.3, -0.25) is 4.79 Å². The number of esters is 1. The van der Waals surface area contributed by atoms with Gasteiger partial charge in [0, 0.05) is 23.7 Å². The molecule has 1 aliphatic heterocycles. The Labute approximate surface area is 197 Å². The molecule has 33 heavy (non-hydrogen) atoms. The van der Waals surface area contributed by atoms with Gasteiger partial charge in [-0.1, -0.05) is 31.5 Å². The molecule has 2 aromatic rings. The minimum atomic E-state index is -4.21. The average Bonchev–Trinajstić information content (AvgIpc) is 2.89. The van der Waals surface area contributed by atoms with Crippen molar-refractivity contribution in [1.29, 1.82) is 0 Å². The van der Waals surface area contributed by atoms with Gasteiger partial charge in [0.25, 0.3) is 0 Å². The molecule has 178 valence electrons. The van der Waals surface area contributed by atoms with Gasteiger partial charge in [-0.05, 0) is 54.7 Å². The Morgan fingerprint density at radius 2 is 1.91 bits per heavy atom. The van der Waals surface area contributed by atoms with Crippen molar-refractivity contribution in [2.75, 3.05) is 13.7 Å². The second kappa shape index (κ2) is 9.79. The molecule has 0 aromatic heterocycles. The number of benzene rings is 2. The standard InChI is InChI=1S/C23H26ClFN2O5S/c1-23(2)10-11-26-21(28)20(13-23)27(33(30,31)18-8-6-17(24)7-9-18)14-16-5-4-15(12-19(16)25)22(29)32-3/h4-9,12,20H,10-11,13-14H2,1-3H3,(H,26,28)/t20-/m1/s1. The number of amides is 1. The summed E-state index contributed by atoms with van der Waals surface area (Å²) in [7, 11) is -3.03. The van der Waals surface area contributed by atoms with E-state index in [1.165, 1.54) is 43.5 Å². The summed E-state index contributed by atoms with van der Waals surface area (Å²) in [5.41, 5.74) is -0.306. The highest BCUT2D eigenvalue weighted by Crippen LogP contribution is 2.34. The number of hydrogen-bond acceptors (Lipinski definition) is 5. The predicted octanol–water partition coefficient (Wildman–Crippen LogP) is 3.76. The Balaban J connectivity index is 2.08. The Morgan fingerprint density at radius 3 is 2.52 bits per heavy atom. The molecule has 0 aliphatic carbocycles. The fraction of sp³-hybridized carbons (Fsp3) is 0.391. The summed E-state index contributed by atoms with van der Waals surface area (Å²) in [5, 5.41) is 3.13. The molecule has 0 unspecified atom stereocenters. The van der Waals surface area contributed by atoms with Crippen molar-refractivity contribution in [2.45, 2.75) is 44.2 Å². The molecule has 1 fully saturated rings. The molecule has 1 N–H and O–H groups in total. The molecule has 1 saturated heterocycles. The van der Waals surface area contributed by atoms with Crippen molar-refractivity contribution in [3.8, 4) is 0 Å². The number of nitrogens with zero attached hydrogens (tertiary/aromatic N) is 1. The van der Waals surface area contributed by atoms with Gasteiger partial charge in [0.1, 0.15) is 11.9 Å². The van der Waals surface area contributed by atoms with Gasteiger partial charge in [0.15, 0.2) is 0 Å². The smallest absolute Gasteiger partial charge is 0.337 e. The number of halogens is 2. The lowest BCUT2D eigenvalue weighted by atomic mass is 9.83. The van der Waals surface area contributed by atoms with Gasteiger partial charge in [-0.25, -0.2) is 17.6 Å². The highest BCUT2D eigenvalue weighted by molar-refractivity contribution is 7.89. The molecule has 3 rings (SSSR count). The van der Waals surface area contributed by atoms with Crippen molar-refractivity contribution in [2.24, 2.45) is 5.41 Å². The van der Waals surface area contributed by atoms with Crippen LogP contribution in [0.15, 0.2) is 47.4 Å². The topological polar surface area (TPSA) is 92.8 Å². The van der Waals surface area contributed by atoms with Crippen LogP contribution in [0.2, 0.25) is 5.02 Å². The van der Waals surface area contributed by atoms with Gasteiger partial charge >= 0.3 is 5.97 Å². The predicted molar refractivity (Wildman–Crippen MR) is 122 cm³/mol. The molecule has 0 saturated carbocycles. The summed E-state index contributed by atoms with van der Waals surface area (Å²) in [6, 6.07) is 8.20. The lowest BCUT2D eigenvalue weighted by molar-refractivity contribution is -0.125. The first-order valence-electron chi connectivity index (χ1n) is 10.4. The fourth-order valence-electron chi connectivity index (χ4n) is 3.79. The molecular formula is C23H26ClFN2O5S. The second-order valence-electron chi connectivity index (χ2n) is 8.73. The van der Waals surface area contributed by atoms with Crippen LogP contribution >= 0.6 is 11.6 Å². The van der Waals surface area contributed by atoms with E-state index in [1.54, 1.807) is 0 Å². The lowest BCUT2D eigenvalue weighted by Gasteiger charge is -2.33. The van der Waals surface area contributed by atoms with Crippen LogP contribution < -0.4 is 5.32 Å². The Kier molecular flexibility index (Phi) is 7.45. The monoisotopic (exact) mass is 496 g/mol. The van der Waals surface area contributed by atoms with E-state index in [9.17, 15) is 22.4 Å². The van der Waals surface area contributed by atoms with E-state index in [0.717, 1.165) is 10.4 Å². The van der Waals surface area contributed by atoms with Gasteiger partial charge in [-0.2, -0.15) is 4.31 Å². The third-order valence-electron chi connectivity index (χ3n) is 5.72. The maximum absolute atomic E-state index is 14.9. The molecule has 1 heterocycles. The SMILES string of the molecule is COC(=O)c1ccc(CN([C@@H]2CC(C)(C)CCNC2=O)S(=O)(=O)c2ccc(Cl)cc2)c(F)c1. The third kappa shape index (κ3) is 5.72. The number of nitrogens with one attached hydrogen (secondary N) is 1. The molecule has 10 heteroatoms. The second-order valence-corrected chi connectivity index (χ2v) is 11.1. The van der Waals surface area contributed by atoms with E-state index in [-0.39, 0.29) is 27.9 Å². The summed E-state index contributed by atoms with van der Waals surface area (Å²) < 4.78 is 47.8. The Bertz CT molecular complexity index is 1150. The summed E-state index contributed by atoms with van der Waals surface area (Å²) >= 11 is 5.92. The molecule has 0 spiro atoms. The highest BCUT2D eigenvalue weighted by atomic mass is 35.5. The largest absolute Gasteiger partial charge is 0.465 e. The first-order valence-corrected chi connectivity index (χ1v) is 12.2. The van der Waals surface area contributed by atoms with Crippen LogP contribution in [0.5, 0.6) is 0 Å². The Morgan fingerprint density at radius 1 is 1.24 bits per heavy atom. The average molecular weight is 497 g/mol. The number of ether oxygens (including phenoxy) is 1. The van der Waals surface area contributed by atoms with E-state index in [2.05, 4.69) is 10.1 Å². The van der Waals surface area contributed by atoms with Crippen LogP contribution in [0.1, 0.15) is 42.6 Å². The number of carbonyl (C=O) groups is 2. The maximum atomic E-state index is 14.9. The molecular weight excluding hydrogens is 471 g/mol. The van der Waals surface area contributed by atoms with Crippen LogP contribution in [0.3, 0.4) is 0 Å². The summed E-state index contributed by atoms with van der Waals surface area (Å²) in [4.78, 5) is 24.6. The molecule has 2 aromatic carbocycles.